The number of aromatic nitrogens is 2. The van der Waals surface area contributed by atoms with Crippen molar-refractivity contribution in [3.8, 4) is 0 Å². The molecule has 6 nitrogen and oxygen atoms in total. The molecule has 2 unspecified atom stereocenters. The zero-order valence-corrected chi connectivity index (χ0v) is 12.3. The van der Waals surface area contributed by atoms with Gasteiger partial charge < -0.3 is 4.90 Å². The molecule has 1 N–H and O–H groups in total. The van der Waals surface area contributed by atoms with Crippen LogP contribution in [0.4, 0.5) is 0 Å². The molecule has 1 saturated heterocycles. The van der Waals surface area contributed by atoms with Crippen LogP contribution >= 0.6 is 0 Å². The summed E-state index contributed by atoms with van der Waals surface area (Å²) in [5.41, 5.74) is 2.04. The molecule has 110 valence electrons. The average Bonchev–Trinajstić information content (AvgIpc) is 3.05. The van der Waals surface area contributed by atoms with Crippen LogP contribution in [0.2, 0.25) is 0 Å². The highest BCUT2D eigenvalue weighted by molar-refractivity contribution is 7.91. The zero-order chi connectivity index (χ0) is 14.3. The van der Waals surface area contributed by atoms with Gasteiger partial charge in [-0.3, -0.25) is 9.89 Å². The lowest BCUT2D eigenvalue weighted by Crippen LogP contribution is -2.36. The van der Waals surface area contributed by atoms with Gasteiger partial charge in [0, 0.05) is 30.6 Å². The molecular formula is C13H19N3O3S. The summed E-state index contributed by atoms with van der Waals surface area (Å²) in [5, 5.41) is 6.57. The Morgan fingerprint density at radius 3 is 2.95 bits per heavy atom. The van der Waals surface area contributed by atoms with Gasteiger partial charge in [-0.1, -0.05) is 0 Å². The first-order valence-corrected chi connectivity index (χ1v) is 8.92. The predicted octanol–water partition coefficient (Wildman–Crippen LogP) is 0.475. The van der Waals surface area contributed by atoms with Crippen molar-refractivity contribution in [3.05, 3.63) is 17.5 Å². The third-order valence-corrected chi connectivity index (χ3v) is 6.00. The van der Waals surface area contributed by atoms with Crippen LogP contribution in [0.5, 0.6) is 0 Å². The van der Waals surface area contributed by atoms with Gasteiger partial charge in [0.1, 0.15) is 0 Å². The van der Waals surface area contributed by atoms with Crippen molar-refractivity contribution in [2.45, 2.75) is 36.9 Å². The van der Waals surface area contributed by atoms with Gasteiger partial charge in [-0.05, 0) is 25.7 Å². The number of likely N-dealkylation sites (tertiary alicyclic amines) is 1. The first-order valence-electron chi connectivity index (χ1n) is 6.96. The molecule has 1 fully saturated rings. The third kappa shape index (κ3) is 2.34. The van der Waals surface area contributed by atoms with Crippen LogP contribution in [0.15, 0.2) is 6.20 Å². The molecule has 1 amide bonds. The molecule has 1 aliphatic heterocycles. The van der Waals surface area contributed by atoms with E-state index in [1.165, 1.54) is 6.26 Å². The van der Waals surface area contributed by atoms with E-state index < -0.39 is 15.1 Å². The minimum atomic E-state index is -3.06. The highest BCUT2D eigenvalue weighted by Crippen LogP contribution is 2.33. The number of aryl methyl sites for hydroxylation is 1. The molecule has 2 atom stereocenters. The smallest absolute Gasteiger partial charge is 0.230 e. The molecule has 2 heterocycles. The van der Waals surface area contributed by atoms with E-state index in [1.54, 1.807) is 11.1 Å². The number of carbonyl (C=O) groups excluding carboxylic acids is 1. The molecule has 1 aromatic heterocycles. The van der Waals surface area contributed by atoms with Crippen LogP contribution in [0, 0.1) is 0 Å². The minimum Gasteiger partial charge on any atom is -0.341 e. The molecule has 2 aliphatic rings. The van der Waals surface area contributed by atoms with Gasteiger partial charge in [0.2, 0.25) is 5.91 Å². The molecule has 0 saturated carbocycles. The highest BCUT2D eigenvalue weighted by atomic mass is 32.2. The fourth-order valence-corrected chi connectivity index (χ4v) is 4.20. The summed E-state index contributed by atoms with van der Waals surface area (Å²) in [6, 6.07) is 0. The quantitative estimate of drug-likeness (QED) is 0.860. The maximum atomic E-state index is 12.6. The molecule has 1 aromatic rings. The summed E-state index contributed by atoms with van der Waals surface area (Å²) in [7, 11) is -3.06. The lowest BCUT2D eigenvalue weighted by atomic mass is 9.86. The van der Waals surface area contributed by atoms with Crippen LogP contribution < -0.4 is 0 Å². The Kier molecular flexibility index (Phi) is 3.32. The van der Waals surface area contributed by atoms with Crippen molar-refractivity contribution < 1.29 is 13.2 Å². The average molecular weight is 297 g/mol. The molecule has 1 aliphatic carbocycles. The van der Waals surface area contributed by atoms with Crippen molar-refractivity contribution in [2.24, 2.45) is 0 Å². The number of amides is 1. The zero-order valence-electron chi connectivity index (χ0n) is 11.5. The third-order valence-electron chi connectivity index (χ3n) is 4.41. The molecule has 0 radical (unpaired) electrons. The summed E-state index contributed by atoms with van der Waals surface area (Å²) in [6.45, 7) is 0.877. The Labute approximate surface area is 118 Å². The van der Waals surface area contributed by atoms with Gasteiger partial charge in [-0.25, -0.2) is 8.42 Å². The van der Waals surface area contributed by atoms with E-state index in [0.29, 0.717) is 19.5 Å². The van der Waals surface area contributed by atoms with Crippen molar-refractivity contribution in [3.63, 3.8) is 0 Å². The van der Waals surface area contributed by atoms with Crippen molar-refractivity contribution in [1.82, 2.24) is 15.1 Å². The largest absolute Gasteiger partial charge is 0.341 e. The van der Waals surface area contributed by atoms with Gasteiger partial charge in [0.25, 0.3) is 0 Å². The summed E-state index contributed by atoms with van der Waals surface area (Å²) in [6.07, 6.45) is 6.27. The van der Waals surface area contributed by atoms with E-state index in [1.807, 2.05) is 0 Å². The SMILES string of the molecule is CS(=O)(=O)C1CCN(C(=O)C2CCCc3[nH]ncc32)C1. The van der Waals surface area contributed by atoms with Crippen molar-refractivity contribution in [1.29, 1.82) is 0 Å². The van der Waals surface area contributed by atoms with Gasteiger partial charge >= 0.3 is 0 Å². The summed E-state index contributed by atoms with van der Waals surface area (Å²) >= 11 is 0. The van der Waals surface area contributed by atoms with Crippen LogP contribution in [-0.4, -0.2) is 54.0 Å². The fourth-order valence-electron chi connectivity index (χ4n) is 3.22. The maximum absolute atomic E-state index is 12.6. The Morgan fingerprint density at radius 2 is 2.25 bits per heavy atom. The van der Waals surface area contributed by atoms with Crippen LogP contribution in [0.25, 0.3) is 0 Å². The van der Waals surface area contributed by atoms with Gasteiger partial charge in [0.15, 0.2) is 9.84 Å². The molecule has 0 aromatic carbocycles. The summed E-state index contributed by atoms with van der Waals surface area (Å²) in [5.74, 6) is -0.102. The van der Waals surface area contributed by atoms with E-state index >= 15 is 0 Å². The Bertz CT molecular complexity index is 623. The van der Waals surface area contributed by atoms with Crippen LogP contribution in [0.1, 0.15) is 36.4 Å². The topological polar surface area (TPSA) is 83.1 Å². The number of hydrogen-bond acceptors (Lipinski definition) is 4. The van der Waals surface area contributed by atoms with E-state index in [-0.39, 0.29) is 11.8 Å². The lowest BCUT2D eigenvalue weighted by molar-refractivity contribution is -0.132. The summed E-state index contributed by atoms with van der Waals surface area (Å²) < 4.78 is 23.2. The van der Waals surface area contributed by atoms with E-state index in [9.17, 15) is 13.2 Å². The monoisotopic (exact) mass is 297 g/mol. The van der Waals surface area contributed by atoms with Crippen LogP contribution in [-0.2, 0) is 21.1 Å². The number of nitrogens with zero attached hydrogens (tertiary/aromatic N) is 2. The number of carbonyl (C=O) groups is 1. The highest BCUT2D eigenvalue weighted by Gasteiger charge is 2.37. The van der Waals surface area contributed by atoms with E-state index in [2.05, 4.69) is 10.2 Å². The standard InChI is InChI=1S/C13H19N3O3S/c1-20(18,19)9-5-6-16(8-9)13(17)10-3-2-4-12-11(10)7-14-15-12/h7,9-10H,2-6,8H2,1H3,(H,14,15). The number of rotatable bonds is 2. The van der Waals surface area contributed by atoms with Gasteiger partial charge in [-0.15, -0.1) is 0 Å². The van der Waals surface area contributed by atoms with Crippen molar-refractivity contribution >= 4 is 15.7 Å². The maximum Gasteiger partial charge on any atom is 0.230 e. The molecule has 3 rings (SSSR count). The number of H-pyrrole nitrogens is 1. The molecular weight excluding hydrogens is 278 g/mol. The second-order valence-electron chi connectivity index (χ2n) is 5.77. The first kappa shape index (κ1) is 13.6. The first-order chi connectivity index (χ1) is 9.47. The molecule has 0 spiro atoms. The fraction of sp³-hybridized carbons (Fsp3) is 0.692. The molecule has 20 heavy (non-hydrogen) atoms. The number of hydrogen-bond donors (Lipinski definition) is 1. The van der Waals surface area contributed by atoms with Gasteiger partial charge in [-0.2, -0.15) is 5.10 Å². The Balaban J connectivity index is 1.76. The predicted molar refractivity (Wildman–Crippen MR) is 74.1 cm³/mol. The van der Waals surface area contributed by atoms with Gasteiger partial charge in [0.05, 0.1) is 17.4 Å². The number of aromatic amines is 1. The number of sulfone groups is 1. The van der Waals surface area contributed by atoms with E-state index in [4.69, 9.17) is 0 Å². The summed E-state index contributed by atoms with van der Waals surface area (Å²) in [4.78, 5) is 14.3. The molecule has 0 bridgehead atoms. The minimum absolute atomic E-state index is 0.0542. The normalized spacial score (nSPS) is 26.6. The van der Waals surface area contributed by atoms with Crippen molar-refractivity contribution in [2.75, 3.05) is 19.3 Å². The second-order valence-corrected chi connectivity index (χ2v) is 8.10. The Hall–Kier alpha value is -1.37. The molecule has 7 heteroatoms. The lowest BCUT2D eigenvalue weighted by Gasteiger charge is -2.26. The number of nitrogens with one attached hydrogen (secondary N) is 1. The Morgan fingerprint density at radius 1 is 1.45 bits per heavy atom. The van der Waals surface area contributed by atoms with E-state index in [0.717, 1.165) is 30.5 Å². The number of fused-ring (bicyclic) bond motifs is 1. The second kappa shape index (κ2) is 4.87. The van der Waals surface area contributed by atoms with Crippen LogP contribution in [0.3, 0.4) is 0 Å².